The largest absolute Gasteiger partial charge is 0.303 e. The fourth-order valence-corrected chi connectivity index (χ4v) is 2.81. The Morgan fingerprint density at radius 2 is 2.29 bits per heavy atom. The first kappa shape index (κ1) is 9.63. The van der Waals surface area contributed by atoms with Crippen LogP contribution in [0.5, 0.6) is 0 Å². The second-order valence-corrected chi connectivity index (χ2v) is 4.69. The first-order valence-electron chi connectivity index (χ1n) is 5.36. The quantitative estimate of drug-likeness (QED) is 0.597. The van der Waals surface area contributed by atoms with Gasteiger partial charge in [0, 0.05) is 12.3 Å². The molecule has 0 aromatic carbocycles. The molecule has 14 heavy (non-hydrogen) atoms. The van der Waals surface area contributed by atoms with Crippen LogP contribution in [-0.4, -0.2) is 12.1 Å². The molecular weight excluding hydrogens is 176 g/mol. The molecular formula is C12H16O2. The van der Waals surface area contributed by atoms with Crippen LogP contribution in [-0.2, 0) is 9.59 Å². The van der Waals surface area contributed by atoms with Crippen LogP contribution < -0.4 is 0 Å². The van der Waals surface area contributed by atoms with Crippen molar-refractivity contribution in [2.45, 2.75) is 39.0 Å². The highest BCUT2D eigenvalue weighted by Crippen LogP contribution is 2.49. The van der Waals surface area contributed by atoms with Crippen LogP contribution in [0.4, 0.5) is 0 Å². The topological polar surface area (TPSA) is 34.1 Å². The van der Waals surface area contributed by atoms with Gasteiger partial charge in [0.05, 0.1) is 0 Å². The number of carbonyl (C=O) groups is 2. The summed E-state index contributed by atoms with van der Waals surface area (Å²) in [5.74, 6) is 0.375. The SMILES string of the molecule is C[C@]12CCC(=O)C=C1CCC[C@@H]2C=O. The number of fused-ring (bicyclic) bond motifs is 1. The van der Waals surface area contributed by atoms with Gasteiger partial charge in [0.25, 0.3) is 0 Å². The normalized spacial score (nSPS) is 37.4. The molecule has 0 amide bonds. The van der Waals surface area contributed by atoms with Crippen molar-refractivity contribution in [2.24, 2.45) is 11.3 Å². The lowest BCUT2D eigenvalue weighted by Gasteiger charge is -2.43. The van der Waals surface area contributed by atoms with Gasteiger partial charge in [-0.1, -0.05) is 12.5 Å². The van der Waals surface area contributed by atoms with E-state index < -0.39 is 0 Å². The summed E-state index contributed by atoms with van der Waals surface area (Å²) in [6.45, 7) is 2.14. The highest BCUT2D eigenvalue weighted by molar-refractivity contribution is 5.91. The van der Waals surface area contributed by atoms with E-state index in [0.717, 1.165) is 32.0 Å². The van der Waals surface area contributed by atoms with Gasteiger partial charge in [-0.25, -0.2) is 0 Å². The number of carbonyl (C=O) groups excluding carboxylic acids is 2. The smallest absolute Gasteiger partial charge is 0.155 e. The van der Waals surface area contributed by atoms with E-state index in [0.29, 0.717) is 6.42 Å². The second-order valence-electron chi connectivity index (χ2n) is 4.69. The fraction of sp³-hybridized carbons (Fsp3) is 0.667. The lowest BCUT2D eigenvalue weighted by atomic mass is 9.60. The molecule has 2 heteroatoms. The lowest BCUT2D eigenvalue weighted by Crippen LogP contribution is -2.37. The molecule has 0 bridgehead atoms. The maximum Gasteiger partial charge on any atom is 0.155 e. The maximum atomic E-state index is 11.3. The van der Waals surface area contributed by atoms with Gasteiger partial charge in [-0.2, -0.15) is 0 Å². The Labute approximate surface area is 84.4 Å². The van der Waals surface area contributed by atoms with Gasteiger partial charge in [0.15, 0.2) is 5.78 Å². The van der Waals surface area contributed by atoms with Crippen molar-refractivity contribution in [3.63, 3.8) is 0 Å². The van der Waals surface area contributed by atoms with Crippen molar-refractivity contribution in [1.29, 1.82) is 0 Å². The standard InChI is InChI=1S/C12H16O2/c1-12-6-5-11(14)7-9(12)3-2-4-10(12)8-13/h7-8,10H,2-6H2,1H3/t10-,12+/m1/s1. The highest BCUT2D eigenvalue weighted by atomic mass is 16.1. The molecule has 0 unspecified atom stereocenters. The van der Waals surface area contributed by atoms with Gasteiger partial charge in [-0.05, 0) is 37.2 Å². The third-order valence-electron chi connectivity index (χ3n) is 3.90. The van der Waals surface area contributed by atoms with E-state index in [1.54, 1.807) is 6.08 Å². The Hall–Kier alpha value is -0.920. The predicted molar refractivity (Wildman–Crippen MR) is 53.8 cm³/mol. The van der Waals surface area contributed by atoms with E-state index in [9.17, 15) is 9.59 Å². The molecule has 0 aromatic heterocycles. The van der Waals surface area contributed by atoms with Gasteiger partial charge in [0.1, 0.15) is 6.29 Å². The third kappa shape index (κ3) is 1.33. The van der Waals surface area contributed by atoms with Gasteiger partial charge < -0.3 is 4.79 Å². The summed E-state index contributed by atoms with van der Waals surface area (Å²) in [4.78, 5) is 22.3. The maximum absolute atomic E-state index is 11.3. The number of hydrogen-bond acceptors (Lipinski definition) is 2. The summed E-state index contributed by atoms with van der Waals surface area (Å²) in [7, 11) is 0. The second kappa shape index (κ2) is 3.34. The molecule has 0 N–H and O–H groups in total. The van der Waals surface area contributed by atoms with Crippen LogP contribution in [0, 0.1) is 11.3 Å². The summed E-state index contributed by atoms with van der Waals surface area (Å²) < 4.78 is 0. The van der Waals surface area contributed by atoms with E-state index in [1.165, 1.54) is 5.57 Å². The molecule has 2 aliphatic rings. The van der Waals surface area contributed by atoms with Gasteiger partial charge >= 0.3 is 0 Å². The van der Waals surface area contributed by atoms with E-state index in [-0.39, 0.29) is 17.1 Å². The van der Waals surface area contributed by atoms with Crippen LogP contribution >= 0.6 is 0 Å². The fourth-order valence-electron chi connectivity index (χ4n) is 2.81. The minimum atomic E-state index is -0.00604. The molecule has 2 rings (SSSR count). The number of allylic oxidation sites excluding steroid dienone is 2. The van der Waals surface area contributed by atoms with Crippen LogP contribution in [0.15, 0.2) is 11.6 Å². The Balaban J connectivity index is 2.36. The summed E-state index contributed by atoms with van der Waals surface area (Å²) in [5, 5.41) is 0. The van der Waals surface area contributed by atoms with Crippen LogP contribution in [0.3, 0.4) is 0 Å². The van der Waals surface area contributed by atoms with E-state index in [1.807, 2.05) is 0 Å². The Kier molecular flexibility index (Phi) is 2.30. The Morgan fingerprint density at radius 1 is 1.50 bits per heavy atom. The van der Waals surface area contributed by atoms with Gasteiger partial charge in [-0.3, -0.25) is 4.79 Å². The van der Waals surface area contributed by atoms with Gasteiger partial charge in [-0.15, -0.1) is 0 Å². The third-order valence-corrected chi connectivity index (χ3v) is 3.90. The van der Waals surface area contributed by atoms with Crippen LogP contribution in [0.25, 0.3) is 0 Å². The minimum Gasteiger partial charge on any atom is -0.303 e. The monoisotopic (exact) mass is 192 g/mol. The minimum absolute atomic E-state index is 0.00604. The zero-order chi connectivity index (χ0) is 10.2. The van der Waals surface area contributed by atoms with Crippen molar-refractivity contribution in [2.75, 3.05) is 0 Å². The molecule has 2 atom stereocenters. The molecule has 0 radical (unpaired) electrons. The molecule has 0 saturated heterocycles. The summed E-state index contributed by atoms with van der Waals surface area (Å²) in [5.41, 5.74) is 1.21. The van der Waals surface area contributed by atoms with Crippen molar-refractivity contribution in [3.8, 4) is 0 Å². The first-order valence-corrected chi connectivity index (χ1v) is 5.36. The Bertz CT molecular complexity index is 303. The summed E-state index contributed by atoms with van der Waals surface area (Å²) >= 11 is 0. The van der Waals surface area contributed by atoms with Crippen molar-refractivity contribution in [1.82, 2.24) is 0 Å². The van der Waals surface area contributed by atoms with E-state index in [4.69, 9.17) is 0 Å². The number of ketones is 1. The molecule has 0 aromatic rings. The van der Waals surface area contributed by atoms with E-state index >= 15 is 0 Å². The number of aldehydes is 1. The number of hydrogen-bond donors (Lipinski definition) is 0. The lowest BCUT2D eigenvalue weighted by molar-refractivity contribution is -0.119. The van der Waals surface area contributed by atoms with Crippen molar-refractivity contribution in [3.05, 3.63) is 11.6 Å². The van der Waals surface area contributed by atoms with Crippen molar-refractivity contribution < 1.29 is 9.59 Å². The summed E-state index contributed by atoms with van der Waals surface area (Å²) in [6, 6.07) is 0. The molecule has 76 valence electrons. The van der Waals surface area contributed by atoms with Crippen LogP contribution in [0.2, 0.25) is 0 Å². The predicted octanol–water partition coefficient (Wildman–Crippen LogP) is 2.28. The molecule has 2 nitrogen and oxygen atoms in total. The molecule has 1 saturated carbocycles. The molecule has 1 fully saturated rings. The zero-order valence-corrected chi connectivity index (χ0v) is 8.58. The van der Waals surface area contributed by atoms with Crippen molar-refractivity contribution >= 4 is 12.1 Å². The number of rotatable bonds is 1. The summed E-state index contributed by atoms with van der Waals surface area (Å²) in [6.07, 6.45) is 7.41. The zero-order valence-electron chi connectivity index (χ0n) is 8.58. The average molecular weight is 192 g/mol. The molecule has 0 heterocycles. The van der Waals surface area contributed by atoms with Gasteiger partial charge in [0.2, 0.25) is 0 Å². The first-order chi connectivity index (χ1) is 6.66. The molecule has 0 aliphatic heterocycles. The Morgan fingerprint density at radius 3 is 3.00 bits per heavy atom. The van der Waals surface area contributed by atoms with E-state index in [2.05, 4.69) is 6.92 Å². The highest BCUT2D eigenvalue weighted by Gasteiger charge is 2.42. The molecule has 0 spiro atoms. The average Bonchev–Trinajstić information content (AvgIpc) is 2.18. The molecule has 2 aliphatic carbocycles. The van der Waals surface area contributed by atoms with Crippen LogP contribution in [0.1, 0.15) is 39.0 Å².